The molecule has 0 fully saturated rings. The van der Waals surface area contributed by atoms with Crippen LogP contribution < -0.4 is 5.32 Å². The van der Waals surface area contributed by atoms with E-state index in [0.29, 0.717) is 11.6 Å². The average molecular weight is 209 g/mol. The van der Waals surface area contributed by atoms with E-state index in [1.54, 1.807) is 12.1 Å². The molecule has 0 saturated carbocycles. The summed E-state index contributed by atoms with van der Waals surface area (Å²) in [4.78, 5) is 13.9. The number of amides is 1. The van der Waals surface area contributed by atoms with Crippen molar-refractivity contribution in [3.05, 3.63) is 46.3 Å². The SMILES string of the molecule is [C-]#[N+]CC(=O)NCc1ccc(Cl)cc1. The molecule has 3 nitrogen and oxygen atoms in total. The van der Waals surface area contributed by atoms with E-state index >= 15 is 0 Å². The van der Waals surface area contributed by atoms with Crippen molar-refractivity contribution in [3.8, 4) is 0 Å². The molecule has 14 heavy (non-hydrogen) atoms. The molecule has 1 rings (SSSR count). The molecule has 0 aromatic heterocycles. The van der Waals surface area contributed by atoms with Gasteiger partial charge in [0, 0.05) is 11.6 Å². The van der Waals surface area contributed by atoms with Crippen LogP contribution in [0.1, 0.15) is 5.56 Å². The molecule has 0 saturated heterocycles. The Balaban J connectivity index is 2.43. The molecule has 0 heterocycles. The minimum atomic E-state index is -0.255. The third kappa shape index (κ3) is 3.46. The van der Waals surface area contributed by atoms with Crippen LogP contribution in [0.25, 0.3) is 4.85 Å². The molecule has 0 spiro atoms. The lowest BCUT2D eigenvalue weighted by molar-refractivity contribution is -0.119. The molecule has 0 aliphatic rings. The number of nitrogens with one attached hydrogen (secondary N) is 1. The molecule has 4 heteroatoms. The molecule has 0 bridgehead atoms. The summed E-state index contributed by atoms with van der Waals surface area (Å²) < 4.78 is 0. The van der Waals surface area contributed by atoms with E-state index in [2.05, 4.69) is 10.2 Å². The van der Waals surface area contributed by atoms with Crippen LogP contribution in [0.2, 0.25) is 5.02 Å². The Morgan fingerprint density at radius 1 is 1.43 bits per heavy atom. The van der Waals surface area contributed by atoms with Crippen LogP contribution in [-0.2, 0) is 11.3 Å². The molecule has 1 N–H and O–H groups in total. The van der Waals surface area contributed by atoms with E-state index in [1.807, 2.05) is 12.1 Å². The maximum absolute atomic E-state index is 10.9. The second-order valence-electron chi connectivity index (χ2n) is 2.72. The van der Waals surface area contributed by atoms with Gasteiger partial charge in [-0.15, -0.1) is 0 Å². The quantitative estimate of drug-likeness (QED) is 0.756. The fraction of sp³-hybridized carbons (Fsp3) is 0.200. The minimum Gasteiger partial charge on any atom is -0.346 e. The summed E-state index contributed by atoms with van der Waals surface area (Å²) in [5.41, 5.74) is 0.965. The van der Waals surface area contributed by atoms with E-state index in [4.69, 9.17) is 18.2 Å². The van der Waals surface area contributed by atoms with Gasteiger partial charge in [-0.2, -0.15) is 0 Å². The second-order valence-corrected chi connectivity index (χ2v) is 3.16. The summed E-state index contributed by atoms with van der Waals surface area (Å²) in [6, 6.07) is 7.19. The summed E-state index contributed by atoms with van der Waals surface area (Å²) in [6.45, 7) is 6.81. The fourth-order valence-electron chi connectivity index (χ4n) is 0.931. The summed E-state index contributed by atoms with van der Waals surface area (Å²) >= 11 is 5.70. The maximum atomic E-state index is 10.9. The van der Waals surface area contributed by atoms with Gasteiger partial charge < -0.3 is 10.2 Å². The van der Waals surface area contributed by atoms with Crippen LogP contribution in [-0.4, -0.2) is 12.5 Å². The first-order valence-corrected chi connectivity index (χ1v) is 4.44. The molecule has 1 aromatic rings. The predicted octanol–water partition coefficient (Wildman–Crippen LogP) is 1.88. The van der Waals surface area contributed by atoms with E-state index in [-0.39, 0.29) is 12.5 Å². The standard InChI is InChI=1S/C10H9ClN2O/c1-12-7-10(14)13-6-8-2-4-9(11)5-3-8/h2-5H,6-7H2,(H,13,14). The first kappa shape index (κ1) is 10.6. The number of rotatable bonds is 3. The first-order chi connectivity index (χ1) is 6.72. The van der Waals surface area contributed by atoms with Gasteiger partial charge in [0.1, 0.15) is 0 Å². The van der Waals surface area contributed by atoms with Gasteiger partial charge in [0.2, 0.25) is 0 Å². The first-order valence-electron chi connectivity index (χ1n) is 4.06. The van der Waals surface area contributed by atoms with Gasteiger partial charge in [-0.25, -0.2) is 6.57 Å². The number of nitrogens with zero attached hydrogens (tertiary/aromatic N) is 1. The molecular weight excluding hydrogens is 200 g/mol. The van der Waals surface area contributed by atoms with Crippen molar-refractivity contribution in [1.82, 2.24) is 5.32 Å². The van der Waals surface area contributed by atoms with E-state index in [9.17, 15) is 4.79 Å². The number of hydrogen-bond donors (Lipinski definition) is 1. The van der Waals surface area contributed by atoms with Gasteiger partial charge in [0.15, 0.2) is 0 Å². The molecular formula is C10H9ClN2O. The molecule has 0 unspecified atom stereocenters. The highest BCUT2D eigenvalue weighted by Crippen LogP contribution is 2.08. The monoisotopic (exact) mass is 208 g/mol. The molecule has 0 aliphatic carbocycles. The number of hydrogen-bond acceptors (Lipinski definition) is 1. The van der Waals surface area contributed by atoms with Crippen LogP contribution in [0.15, 0.2) is 24.3 Å². The van der Waals surface area contributed by atoms with E-state index in [0.717, 1.165) is 5.56 Å². The summed E-state index contributed by atoms with van der Waals surface area (Å²) in [5, 5.41) is 3.29. The smallest absolute Gasteiger partial charge is 0.300 e. The molecule has 0 aliphatic heterocycles. The molecule has 1 amide bonds. The van der Waals surface area contributed by atoms with Gasteiger partial charge in [-0.3, -0.25) is 4.79 Å². The fourth-order valence-corrected chi connectivity index (χ4v) is 1.06. The third-order valence-corrected chi connectivity index (χ3v) is 1.88. The van der Waals surface area contributed by atoms with Gasteiger partial charge in [0.05, 0.1) is 0 Å². The lowest BCUT2D eigenvalue weighted by Crippen LogP contribution is -2.24. The predicted molar refractivity (Wildman–Crippen MR) is 54.8 cm³/mol. The number of carbonyl (C=O) groups excluding carboxylic acids is 1. The maximum Gasteiger partial charge on any atom is 0.300 e. The Morgan fingerprint density at radius 3 is 2.64 bits per heavy atom. The Bertz CT molecular complexity index is 353. The van der Waals surface area contributed by atoms with Crippen LogP contribution in [0.5, 0.6) is 0 Å². The zero-order chi connectivity index (χ0) is 10.4. The molecule has 72 valence electrons. The van der Waals surface area contributed by atoms with Crippen molar-refractivity contribution < 1.29 is 4.79 Å². The van der Waals surface area contributed by atoms with Crippen molar-refractivity contribution >= 4 is 17.5 Å². The van der Waals surface area contributed by atoms with Crippen LogP contribution in [0.3, 0.4) is 0 Å². The summed E-state index contributed by atoms with van der Waals surface area (Å²) in [5.74, 6) is -0.255. The Kier molecular flexibility index (Phi) is 3.96. The van der Waals surface area contributed by atoms with E-state index in [1.165, 1.54) is 0 Å². The molecule has 0 atom stereocenters. The third-order valence-electron chi connectivity index (χ3n) is 1.63. The topological polar surface area (TPSA) is 33.5 Å². The Labute approximate surface area is 87.5 Å². The lowest BCUT2D eigenvalue weighted by atomic mass is 10.2. The second kappa shape index (κ2) is 5.25. The van der Waals surface area contributed by atoms with Crippen molar-refractivity contribution in [2.24, 2.45) is 0 Å². The van der Waals surface area contributed by atoms with Gasteiger partial charge in [0.25, 0.3) is 12.5 Å². The summed E-state index contributed by atoms with van der Waals surface area (Å²) in [7, 11) is 0. The largest absolute Gasteiger partial charge is 0.346 e. The molecule has 1 aromatic carbocycles. The zero-order valence-corrected chi connectivity index (χ0v) is 8.21. The van der Waals surface area contributed by atoms with Gasteiger partial charge in [-0.1, -0.05) is 23.7 Å². The summed E-state index contributed by atoms with van der Waals surface area (Å²) in [6.07, 6.45) is 0. The van der Waals surface area contributed by atoms with Crippen LogP contribution in [0, 0.1) is 6.57 Å². The number of benzene rings is 1. The van der Waals surface area contributed by atoms with Gasteiger partial charge >= 0.3 is 0 Å². The van der Waals surface area contributed by atoms with Crippen molar-refractivity contribution in [2.75, 3.05) is 6.54 Å². The van der Waals surface area contributed by atoms with Crippen molar-refractivity contribution in [2.45, 2.75) is 6.54 Å². The highest BCUT2D eigenvalue weighted by molar-refractivity contribution is 6.30. The van der Waals surface area contributed by atoms with Crippen LogP contribution in [0.4, 0.5) is 0 Å². The van der Waals surface area contributed by atoms with Gasteiger partial charge in [-0.05, 0) is 17.7 Å². The van der Waals surface area contributed by atoms with Crippen LogP contribution >= 0.6 is 11.6 Å². The normalized spacial score (nSPS) is 9.14. The van der Waals surface area contributed by atoms with Crippen molar-refractivity contribution in [3.63, 3.8) is 0 Å². The van der Waals surface area contributed by atoms with E-state index < -0.39 is 0 Å². The average Bonchev–Trinajstić information content (AvgIpc) is 2.17. The lowest BCUT2D eigenvalue weighted by Gasteiger charge is -2.01. The Hall–Kier alpha value is -1.53. The highest BCUT2D eigenvalue weighted by Gasteiger charge is 2.02. The van der Waals surface area contributed by atoms with Crippen molar-refractivity contribution in [1.29, 1.82) is 0 Å². The highest BCUT2D eigenvalue weighted by atomic mass is 35.5. The number of halogens is 1. The number of carbonyl (C=O) groups is 1. The minimum absolute atomic E-state index is 0.117. The Morgan fingerprint density at radius 2 is 2.07 bits per heavy atom. The zero-order valence-electron chi connectivity index (χ0n) is 7.46. The molecule has 0 radical (unpaired) electrons.